The first-order valence-corrected chi connectivity index (χ1v) is 6.63. The topological polar surface area (TPSA) is 26.3 Å². The highest BCUT2D eigenvalue weighted by atomic mass is 16.6. The van der Waals surface area contributed by atoms with Crippen molar-refractivity contribution in [2.24, 2.45) is 11.3 Å². The summed E-state index contributed by atoms with van der Waals surface area (Å²) in [6.07, 6.45) is 8.65. The second-order valence-corrected chi connectivity index (χ2v) is 6.68. The van der Waals surface area contributed by atoms with Crippen molar-refractivity contribution in [3.05, 3.63) is 0 Å². The molecular formula is C14H24O2. The lowest BCUT2D eigenvalue weighted by molar-refractivity contribution is -0.160. The molecule has 0 aromatic carbocycles. The highest BCUT2D eigenvalue weighted by molar-refractivity contribution is 5.73. The number of carbonyl (C=O) groups is 1. The lowest BCUT2D eigenvalue weighted by Gasteiger charge is -2.24. The Kier molecular flexibility index (Phi) is 3.02. The van der Waals surface area contributed by atoms with Crippen LogP contribution in [0.3, 0.4) is 0 Å². The lowest BCUT2D eigenvalue weighted by atomic mass is 9.90. The van der Waals surface area contributed by atoms with Crippen molar-refractivity contribution in [3.63, 3.8) is 0 Å². The normalized spacial score (nSPS) is 28.6. The molecule has 0 radical (unpaired) electrons. The van der Waals surface area contributed by atoms with E-state index in [-0.39, 0.29) is 17.5 Å². The standard InChI is InChI=1S/C14H24O2/c1-13(2,3)16-12(15)11-6-4-5-7-14(10-11)8-9-14/h11H,4-10H2,1-3H3. The van der Waals surface area contributed by atoms with Gasteiger partial charge in [-0.1, -0.05) is 12.8 Å². The van der Waals surface area contributed by atoms with Gasteiger partial charge in [0.15, 0.2) is 0 Å². The summed E-state index contributed by atoms with van der Waals surface area (Å²) in [6.45, 7) is 5.86. The third-order valence-corrected chi connectivity index (χ3v) is 3.89. The number of hydrogen-bond acceptors (Lipinski definition) is 2. The van der Waals surface area contributed by atoms with Crippen LogP contribution in [0.1, 0.15) is 65.7 Å². The highest BCUT2D eigenvalue weighted by Gasteiger charge is 2.46. The van der Waals surface area contributed by atoms with Gasteiger partial charge in [-0.05, 0) is 58.3 Å². The molecule has 0 amide bonds. The summed E-state index contributed by atoms with van der Waals surface area (Å²) in [7, 11) is 0. The Morgan fingerprint density at radius 3 is 2.44 bits per heavy atom. The number of hydrogen-bond donors (Lipinski definition) is 0. The quantitative estimate of drug-likeness (QED) is 0.635. The maximum Gasteiger partial charge on any atom is 0.309 e. The second-order valence-electron chi connectivity index (χ2n) is 6.68. The van der Waals surface area contributed by atoms with Gasteiger partial charge in [0, 0.05) is 0 Å². The summed E-state index contributed by atoms with van der Waals surface area (Å²) >= 11 is 0. The number of carbonyl (C=O) groups excluding carboxylic acids is 1. The van der Waals surface area contributed by atoms with E-state index in [1.54, 1.807) is 0 Å². The molecule has 2 aliphatic carbocycles. The van der Waals surface area contributed by atoms with Crippen LogP contribution in [0.2, 0.25) is 0 Å². The Bertz CT molecular complexity index is 271. The first-order chi connectivity index (χ1) is 7.40. The number of esters is 1. The maximum atomic E-state index is 12.1. The van der Waals surface area contributed by atoms with Crippen LogP contribution in [0.4, 0.5) is 0 Å². The molecule has 1 atom stereocenters. The number of rotatable bonds is 1. The molecule has 1 unspecified atom stereocenters. The Balaban J connectivity index is 1.94. The van der Waals surface area contributed by atoms with Crippen LogP contribution in [0.5, 0.6) is 0 Å². The third-order valence-electron chi connectivity index (χ3n) is 3.89. The van der Waals surface area contributed by atoms with Gasteiger partial charge in [0.25, 0.3) is 0 Å². The first-order valence-electron chi connectivity index (χ1n) is 6.63. The SMILES string of the molecule is CC(C)(C)OC(=O)C1CCCCC2(CC2)C1. The van der Waals surface area contributed by atoms with Gasteiger partial charge in [0.1, 0.15) is 5.60 Å². The molecule has 2 rings (SSSR count). The average Bonchev–Trinajstić information content (AvgIpc) is 2.91. The largest absolute Gasteiger partial charge is 0.460 e. The summed E-state index contributed by atoms with van der Waals surface area (Å²) < 4.78 is 5.51. The summed E-state index contributed by atoms with van der Waals surface area (Å²) in [5.74, 6) is 0.213. The molecule has 0 aliphatic heterocycles. The fourth-order valence-corrected chi connectivity index (χ4v) is 2.83. The van der Waals surface area contributed by atoms with Crippen LogP contribution in [-0.2, 0) is 9.53 Å². The van der Waals surface area contributed by atoms with E-state index < -0.39 is 0 Å². The molecule has 2 aliphatic rings. The van der Waals surface area contributed by atoms with Crippen molar-refractivity contribution in [3.8, 4) is 0 Å². The van der Waals surface area contributed by atoms with E-state index in [0.717, 1.165) is 12.8 Å². The van der Waals surface area contributed by atoms with E-state index >= 15 is 0 Å². The van der Waals surface area contributed by atoms with Crippen LogP contribution in [0, 0.1) is 11.3 Å². The van der Waals surface area contributed by atoms with Crippen LogP contribution < -0.4 is 0 Å². The average molecular weight is 224 g/mol. The van der Waals surface area contributed by atoms with Gasteiger partial charge >= 0.3 is 5.97 Å². The zero-order chi connectivity index (χ0) is 11.8. The molecule has 0 aromatic rings. The fourth-order valence-electron chi connectivity index (χ4n) is 2.83. The summed E-state index contributed by atoms with van der Waals surface area (Å²) in [4.78, 5) is 12.1. The Hall–Kier alpha value is -0.530. The highest BCUT2D eigenvalue weighted by Crippen LogP contribution is 2.56. The zero-order valence-electron chi connectivity index (χ0n) is 10.8. The van der Waals surface area contributed by atoms with Crippen molar-refractivity contribution in [1.29, 1.82) is 0 Å². The lowest BCUT2D eigenvalue weighted by Crippen LogP contribution is -2.29. The predicted molar refractivity (Wildman–Crippen MR) is 64.1 cm³/mol. The molecule has 1 spiro atoms. The van der Waals surface area contributed by atoms with Crippen molar-refractivity contribution in [2.45, 2.75) is 71.3 Å². The molecule has 92 valence electrons. The molecule has 2 heteroatoms. The van der Waals surface area contributed by atoms with E-state index in [1.807, 2.05) is 20.8 Å². The molecule has 0 saturated heterocycles. The van der Waals surface area contributed by atoms with Crippen molar-refractivity contribution < 1.29 is 9.53 Å². The van der Waals surface area contributed by atoms with Crippen molar-refractivity contribution in [1.82, 2.24) is 0 Å². The second kappa shape index (κ2) is 4.05. The van der Waals surface area contributed by atoms with Crippen molar-refractivity contribution >= 4 is 5.97 Å². The molecular weight excluding hydrogens is 200 g/mol. The van der Waals surface area contributed by atoms with Gasteiger partial charge in [-0.15, -0.1) is 0 Å². The summed E-state index contributed by atoms with van der Waals surface area (Å²) in [5, 5.41) is 0. The monoisotopic (exact) mass is 224 g/mol. The van der Waals surface area contributed by atoms with E-state index in [2.05, 4.69) is 0 Å². The molecule has 2 saturated carbocycles. The molecule has 0 heterocycles. The van der Waals surface area contributed by atoms with Gasteiger partial charge in [0.2, 0.25) is 0 Å². The zero-order valence-corrected chi connectivity index (χ0v) is 10.8. The van der Waals surface area contributed by atoms with Gasteiger partial charge in [-0.25, -0.2) is 0 Å². The van der Waals surface area contributed by atoms with E-state index in [0.29, 0.717) is 5.41 Å². The molecule has 2 nitrogen and oxygen atoms in total. The summed E-state index contributed by atoms with van der Waals surface area (Å²) in [5.41, 5.74) is 0.207. The molecule has 0 N–H and O–H groups in total. The van der Waals surface area contributed by atoms with Gasteiger partial charge < -0.3 is 4.74 Å². The van der Waals surface area contributed by atoms with Gasteiger partial charge in [-0.2, -0.15) is 0 Å². The minimum absolute atomic E-state index is 0.0423. The van der Waals surface area contributed by atoms with Gasteiger partial charge in [0.05, 0.1) is 5.92 Å². The van der Waals surface area contributed by atoms with Crippen molar-refractivity contribution in [2.75, 3.05) is 0 Å². The van der Waals surface area contributed by atoms with E-state index in [1.165, 1.54) is 32.1 Å². The Morgan fingerprint density at radius 2 is 1.88 bits per heavy atom. The van der Waals surface area contributed by atoms with E-state index in [4.69, 9.17) is 4.74 Å². The summed E-state index contributed by atoms with van der Waals surface area (Å²) in [6, 6.07) is 0. The van der Waals surface area contributed by atoms with Gasteiger partial charge in [-0.3, -0.25) is 4.79 Å². The predicted octanol–water partition coefficient (Wildman–Crippen LogP) is 3.69. The minimum atomic E-state index is -0.333. The van der Waals surface area contributed by atoms with Crippen LogP contribution in [0.25, 0.3) is 0 Å². The van der Waals surface area contributed by atoms with Crippen LogP contribution in [0.15, 0.2) is 0 Å². The minimum Gasteiger partial charge on any atom is -0.460 e. The van der Waals surface area contributed by atoms with Crippen LogP contribution in [-0.4, -0.2) is 11.6 Å². The van der Waals surface area contributed by atoms with E-state index in [9.17, 15) is 4.79 Å². The number of ether oxygens (including phenoxy) is 1. The fraction of sp³-hybridized carbons (Fsp3) is 0.929. The third kappa shape index (κ3) is 2.99. The Morgan fingerprint density at radius 1 is 1.19 bits per heavy atom. The first kappa shape index (κ1) is 11.9. The molecule has 16 heavy (non-hydrogen) atoms. The molecule has 0 aromatic heterocycles. The molecule has 0 bridgehead atoms. The maximum absolute atomic E-state index is 12.1. The van der Waals surface area contributed by atoms with Crippen LogP contribution >= 0.6 is 0 Å². The smallest absolute Gasteiger partial charge is 0.309 e. The molecule has 2 fully saturated rings. The Labute approximate surface area is 98.7 Å².